The number of thiophene rings is 1. The highest BCUT2D eigenvalue weighted by Crippen LogP contribution is 2.36. The van der Waals surface area contributed by atoms with Crippen molar-refractivity contribution < 1.29 is 14.3 Å². The normalized spacial score (nSPS) is 10.9. The molecular weight excluding hydrogens is 362 g/mol. The van der Waals surface area contributed by atoms with E-state index in [9.17, 15) is 4.79 Å². The van der Waals surface area contributed by atoms with Crippen LogP contribution in [0.4, 0.5) is 11.4 Å². The Bertz CT molecular complexity index is 1170. The second-order valence-electron chi connectivity index (χ2n) is 5.90. The van der Waals surface area contributed by atoms with Crippen molar-refractivity contribution in [3.8, 4) is 11.5 Å². The van der Waals surface area contributed by atoms with Crippen LogP contribution in [0.15, 0.2) is 48.5 Å². The molecule has 2 aromatic carbocycles. The quantitative estimate of drug-likeness (QED) is 0.552. The van der Waals surface area contributed by atoms with Crippen molar-refractivity contribution in [1.82, 2.24) is 4.98 Å². The molecule has 0 saturated carbocycles. The van der Waals surface area contributed by atoms with Crippen molar-refractivity contribution >= 4 is 49.7 Å². The number of nitrogens with zero attached hydrogens (tertiary/aromatic N) is 1. The summed E-state index contributed by atoms with van der Waals surface area (Å²) in [5.74, 6) is 0.835. The highest BCUT2D eigenvalue weighted by Gasteiger charge is 2.19. The molecule has 2 aromatic heterocycles. The van der Waals surface area contributed by atoms with Gasteiger partial charge in [0.25, 0.3) is 5.91 Å². The van der Waals surface area contributed by atoms with Gasteiger partial charge < -0.3 is 20.5 Å². The minimum atomic E-state index is -0.314. The molecule has 0 aliphatic heterocycles. The summed E-state index contributed by atoms with van der Waals surface area (Å²) in [4.78, 5) is 18.6. The van der Waals surface area contributed by atoms with Crippen LogP contribution in [0.3, 0.4) is 0 Å². The maximum atomic E-state index is 12.9. The van der Waals surface area contributed by atoms with Gasteiger partial charge in [-0.3, -0.25) is 4.79 Å². The number of anilines is 2. The van der Waals surface area contributed by atoms with E-state index in [4.69, 9.17) is 15.2 Å². The van der Waals surface area contributed by atoms with Crippen molar-refractivity contribution in [3.05, 3.63) is 53.4 Å². The number of hydrogen-bond donors (Lipinski definition) is 2. The largest absolute Gasteiger partial charge is 0.497 e. The van der Waals surface area contributed by atoms with Gasteiger partial charge in [0.2, 0.25) is 0 Å². The van der Waals surface area contributed by atoms with Crippen LogP contribution in [0.25, 0.3) is 21.1 Å². The van der Waals surface area contributed by atoms with Gasteiger partial charge in [-0.2, -0.15) is 0 Å². The zero-order valence-electron chi connectivity index (χ0n) is 14.8. The van der Waals surface area contributed by atoms with Crippen LogP contribution in [0.1, 0.15) is 9.67 Å². The molecule has 0 fully saturated rings. The van der Waals surface area contributed by atoms with E-state index >= 15 is 0 Å². The number of nitrogens with one attached hydrogen (secondary N) is 1. The van der Waals surface area contributed by atoms with Crippen molar-refractivity contribution in [2.75, 3.05) is 25.3 Å². The number of pyridine rings is 1. The number of rotatable bonds is 4. The number of methoxy groups -OCH3 is 2. The van der Waals surface area contributed by atoms with Gasteiger partial charge in [0.15, 0.2) is 0 Å². The summed E-state index contributed by atoms with van der Waals surface area (Å²) in [7, 11) is 3.11. The second kappa shape index (κ2) is 6.77. The van der Waals surface area contributed by atoms with Gasteiger partial charge in [-0.05, 0) is 24.3 Å². The number of benzene rings is 2. The SMILES string of the molecule is COc1ccc(OC)c(NC(=O)c2sc3nc4ccccc4cc3c2N)c1. The average Bonchev–Trinajstić information content (AvgIpc) is 3.02. The highest BCUT2D eigenvalue weighted by atomic mass is 32.1. The molecule has 2 heterocycles. The first-order valence-electron chi connectivity index (χ1n) is 8.22. The van der Waals surface area contributed by atoms with Crippen LogP contribution in [0, 0.1) is 0 Å². The summed E-state index contributed by atoms with van der Waals surface area (Å²) >= 11 is 1.27. The summed E-state index contributed by atoms with van der Waals surface area (Å²) in [6.07, 6.45) is 0. The molecule has 27 heavy (non-hydrogen) atoms. The van der Waals surface area contributed by atoms with Gasteiger partial charge in [0, 0.05) is 16.8 Å². The zero-order valence-corrected chi connectivity index (χ0v) is 15.6. The molecule has 0 spiro atoms. The third-order valence-electron chi connectivity index (χ3n) is 4.28. The number of nitrogens with two attached hydrogens (primary N) is 1. The minimum absolute atomic E-state index is 0.314. The summed E-state index contributed by atoms with van der Waals surface area (Å²) in [5, 5.41) is 4.62. The van der Waals surface area contributed by atoms with E-state index in [0.29, 0.717) is 27.8 Å². The molecule has 7 heteroatoms. The van der Waals surface area contributed by atoms with Gasteiger partial charge >= 0.3 is 0 Å². The molecule has 0 radical (unpaired) electrons. The number of ether oxygens (including phenoxy) is 2. The number of fused-ring (bicyclic) bond motifs is 2. The predicted octanol–water partition coefficient (Wildman–Crippen LogP) is 4.30. The fourth-order valence-corrected chi connectivity index (χ4v) is 3.88. The summed E-state index contributed by atoms with van der Waals surface area (Å²) in [5.41, 5.74) is 8.07. The summed E-state index contributed by atoms with van der Waals surface area (Å²) in [6, 6.07) is 14.9. The fourth-order valence-electron chi connectivity index (χ4n) is 2.90. The molecule has 3 N–H and O–H groups in total. The molecule has 0 aliphatic rings. The molecule has 1 amide bonds. The van der Waals surface area contributed by atoms with E-state index in [1.807, 2.05) is 30.3 Å². The number of carbonyl (C=O) groups is 1. The average molecular weight is 379 g/mol. The van der Waals surface area contributed by atoms with Crippen molar-refractivity contribution in [1.29, 1.82) is 0 Å². The Morgan fingerprint density at radius 3 is 2.70 bits per heavy atom. The van der Waals surface area contributed by atoms with Gasteiger partial charge in [0.05, 0.1) is 31.1 Å². The number of nitrogen functional groups attached to an aromatic ring is 1. The molecule has 4 aromatic rings. The molecule has 0 saturated heterocycles. The Morgan fingerprint density at radius 1 is 1.11 bits per heavy atom. The van der Waals surface area contributed by atoms with Crippen LogP contribution in [0.5, 0.6) is 11.5 Å². The smallest absolute Gasteiger partial charge is 0.268 e. The standard InChI is InChI=1S/C20H17N3O3S/c1-25-12-7-8-16(26-2)15(10-12)22-19(24)18-17(21)13-9-11-5-3-4-6-14(11)23-20(13)27-18/h3-10H,21H2,1-2H3,(H,22,24). The molecule has 0 atom stereocenters. The number of carbonyl (C=O) groups excluding carboxylic acids is 1. The summed E-state index contributed by atoms with van der Waals surface area (Å²) < 4.78 is 10.5. The van der Waals surface area contributed by atoms with E-state index in [1.165, 1.54) is 11.3 Å². The molecular formula is C20H17N3O3S. The predicted molar refractivity (Wildman–Crippen MR) is 109 cm³/mol. The molecule has 4 rings (SSSR count). The Hall–Kier alpha value is -3.32. The van der Waals surface area contributed by atoms with E-state index in [2.05, 4.69) is 10.3 Å². The first-order chi connectivity index (χ1) is 13.1. The third kappa shape index (κ3) is 3.02. The van der Waals surface area contributed by atoms with Crippen LogP contribution in [0.2, 0.25) is 0 Å². The van der Waals surface area contributed by atoms with Gasteiger partial charge in [-0.25, -0.2) is 4.98 Å². The fraction of sp³-hybridized carbons (Fsp3) is 0.100. The van der Waals surface area contributed by atoms with Gasteiger partial charge in [0.1, 0.15) is 21.2 Å². The lowest BCUT2D eigenvalue weighted by Crippen LogP contribution is -2.12. The minimum Gasteiger partial charge on any atom is -0.497 e. The third-order valence-corrected chi connectivity index (χ3v) is 5.40. The Morgan fingerprint density at radius 2 is 1.93 bits per heavy atom. The molecule has 136 valence electrons. The first-order valence-corrected chi connectivity index (χ1v) is 9.03. The lowest BCUT2D eigenvalue weighted by molar-refractivity contribution is 0.103. The number of para-hydroxylation sites is 1. The second-order valence-corrected chi connectivity index (χ2v) is 6.90. The van der Waals surface area contributed by atoms with Gasteiger partial charge in [-0.15, -0.1) is 11.3 Å². The van der Waals surface area contributed by atoms with Crippen LogP contribution < -0.4 is 20.5 Å². The van der Waals surface area contributed by atoms with Crippen LogP contribution in [-0.4, -0.2) is 25.1 Å². The van der Waals surface area contributed by atoms with E-state index < -0.39 is 0 Å². The molecule has 6 nitrogen and oxygen atoms in total. The lowest BCUT2D eigenvalue weighted by Gasteiger charge is -2.11. The Balaban J connectivity index is 1.75. The monoisotopic (exact) mass is 379 g/mol. The van der Waals surface area contributed by atoms with Crippen LogP contribution in [-0.2, 0) is 0 Å². The number of amides is 1. The Labute approximate surface area is 159 Å². The number of hydrogen-bond acceptors (Lipinski definition) is 6. The Kier molecular flexibility index (Phi) is 4.29. The van der Waals surface area contributed by atoms with E-state index in [1.54, 1.807) is 32.4 Å². The highest BCUT2D eigenvalue weighted by molar-refractivity contribution is 7.21. The first kappa shape index (κ1) is 17.1. The zero-order chi connectivity index (χ0) is 19.0. The van der Waals surface area contributed by atoms with Crippen molar-refractivity contribution in [3.63, 3.8) is 0 Å². The van der Waals surface area contributed by atoms with Crippen LogP contribution >= 0.6 is 11.3 Å². The maximum Gasteiger partial charge on any atom is 0.268 e. The molecule has 0 bridgehead atoms. The molecule has 0 aliphatic carbocycles. The number of aromatic nitrogens is 1. The topological polar surface area (TPSA) is 86.5 Å². The van der Waals surface area contributed by atoms with E-state index in [0.717, 1.165) is 21.1 Å². The maximum absolute atomic E-state index is 12.9. The molecule has 0 unspecified atom stereocenters. The van der Waals surface area contributed by atoms with Crippen molar-refractivity contribution in [2.24, 2.45) is 0 Å². The summed E-state index contributed by atoms with van der Waals surface area (Å²) in [6.45, 7) is 0. The lowest BCUT2D eigenvalue weighted by atomic mass is 10.1. The van der Waals surface area contributed by atoms with E-state index in [-0.39, 0.29) is 5.91 Å². The van der Waals surface area contributed by atoms with Crippen molar-refractivity contribution in [2.45, 2.75) is 0 Å². The van der Waals surface area contributed by atoms with Gasteiger partial charge in [-0.1, -0.05) is 18.2 Å².